The van der Waals surface area contributed by atoms with Crippen molar-refractivity contribution >= 4 is 17.6 Å². The van der Waals surface area contributed by atoms with Crippen molar-refractivity contribution in [2.45, 2.75) is 29.5 Å². The van der Waals surface area contributed by atoms with E-state index in [9.17, 15) is 0 Å². The van der Waals surface area contributed by atoms with Crippen LogP contribution in [-0.4, -0.2) is 10.2 Å². The Morgan fingerprint density at radius 3 is 2.72 bits per heavy atom. The number of nitrogens with zero attached hydrogens (tertiary/aromatic N) is 3. The van der Waals surface area contributed by atoms with Gasteiger partial charge < -0.3 is 5.73 Å². The van der Waals surface area contributed by atoms with Crippen molar-refractivity contribution in [1.82, 2.24) is 4.98 Å². The van der Waals surface area contributed by atoms with E-state index in [0.29, 0.717) is 15.8 Å². The predicted molar refractivity (Wildman–Crippen MR) is 70.7 cm³/mol. The average molecular weight is 256 g/mol. The molecule has 4 nitrogen and oxygen atoms in total. The van der Waals surface area contributed by atoms with Crippen LogP contribution in [0.4, 0.5) is 5.82 Å². The first kappa shape index (κ1) is 12.5. The molecule has 1 aliphatic carbocycles. The number of allylic oxidation sites excluding steroid dienone is 1. The molecule has 1 aliphatic rings. The molecular formula is C13H12N4S. The van der Waals surface area contributed by atoms with Crippen LogP contribution in [0.1, 0.15) is 30.4 Å². The number of nitriles is 2. The molecule has 5 heteroatoms. The highest BCUT2D eigenvalue weighted by atomic mass is 32.2. The van der Waals surface area contributed by atoms with Crippen LogP contribution in [0.5, 0.6) is 0 Å². The van der Waals surface area contributed by atoms with Gasteiger partial charge in [0.25, 0.3) is 0 Å². The molecule has 0 aliphatic heterocycles. The molecule has 1 atom stereocenters. The fraction of sp³-hybridized carbons (Fsp3) is 0.308. The van der Waals surface area contributed by atoms with Crippen LogP contribution in [-0.2, 0) is 0 Å². The van der Waals surface area contributed by atoms with E-state index in [1.807, 2.05) is 6.07 Å². The zero-order chi connectivity index (χ0) is 13.0. The van der Waals surface area contributed by atoms with Crippen LogP contribution in [0.15, 0.2) is 23.2 Å². The van der Waals surface area contributed by atoms with Crippen molar-refractivity contribution in [2.24, 2.45) is 0 Å². The number of nitrogen functional groups attached to an aromatic ring is 1. The van der Waals surface area contributed by atoms with E-state index in [1.54, 1.807) is 0 Å². The zero-order valence-corrected chi connectivity index (χ0v) is 10.6. The first-order valence-corrected chi connectivity index (χ1v) is 6.56. The van der Waals surface area contributed by atoms with Gasteiger partial charge in [0.15, 0.2) is 0 Å². The van der Waals surface area contributed by atoms with Crippen molar-refractivity contribution < 1.29 is 0 Å². The lowest BCUT2D eigenvalue weighted by Crippen LogP contribution is -2.05. The predicted octanol–water partition coefficient (Wildman–Crippen LogP) is 2.61. The molecule has 18 heavy (non-hydrogen) atoms. The van der Waals surface area contributed by atoms with E-state index in [2.05, 4.69) is 23.2 Å². The van der Waals surface area contributed by atoms with Gasteiger partial charge in [-0.1, -0.05) is 23.9 Å². The van der Waals surface area contributed by atoms with Gasteiger partial charge in [-0.05, 0) is 25.3 Å². The van der Waals surface area contributed by atoms with Gasteiger partial charge in [0.05, 0.1) is 11.1 Å². The van der Waals surface area contributed by atoms with Crippen LogP contribution in [0.2, 0.25) is 0 Å². The largest absolute Gasteiger partial charge is 0.383 e. The highest BCUT2D eigenvalue weighted by molar-refractivity contribution is 8.00. The Morgan fingerprint density at radius 2 is 2.11 bits per heavy atom. The number of aromatic nitrogens is 1. The minimum Gasteiger partial charge on any atom is -0.383 e. The summed E-state index contributed by atoms with van der Waals surface area (Å²) < 4.78 is 0. The molecule has 1 aromatic heterocycles. The van der Waals surface area contributed by atoms with Gasteiger partial charge in [-0.2, -0.15) is 10.5 Å². The van der Waals surface area contributed by atoms with E-state index in [1.165, 1.54) is 17.8 Å². The van der Waals surface area contributed by atoms with E-state index in [-0.39, 0.29) is 11.4 Å². The molecule has 0 unspecified atom stereocenters. The molecule has 0 saturated carbocycles. The number of pyridine rings is 1. The summed E-state index contributed by atoms with van der Waals surface area (Å²) >= 11 is 1.54. The van der Waals surface area contributed by atoms with Crippen molar-refractivity contribution in [1.29, 1.82) is 10.5 Å². The maximum Gasteiger partial charge on any atom is 0.142 e. The molecule has 90 valence electrons. The summed E-state index contributed by atoms with van der Waals surface area (Å²) in [5.74, 6) is 0.193. The van der Waals surface area contributed by atoms with Gasteiger partial charge in [0.2, 0.25) is 0 Å². The second-order valence-electron chi connectivity index (χ2n) is 4.01. The standard InChI is InChI=1S/C13H12N4S/c14-7-9-6-10(8-15)13(17-12(9)16)18-11-4-2-1-3-5-11/h2,4,6,11H,1,3,5H2,(H2,16,17)/t11-/m1/s1. The van der Waals surface area contributed by atoms with Crippen LogP contribution >= 0.6 is 11.8 Å². The van der Waals surface area contributed by atoms with Crippen LogP contribution in [0.25, 0.3) is 0 Å². The monoisotopic (exact) mass is 256 g/mol. The van der Waals surface area contributed by atoms with Crippen LogP contribution < -0.4 is 5.73 Å². The smallest absolute Gasteiger partial charge is 0.142 e. The fourth-order valence-electron chi connectivity index (χ4n) is 1.79. The van der Waals surface area contributed by atoms with Crippen molar-refractivity contribution in [2.75, 3.05) is 5.73 Å². The Balaban J connectivity index is 2.30. The lowest BCUT2D eigenvalue weighted by molar-refractivity contribution is 0.740. The summed E-state index contributed by atoms with van der Waals surface area (Å²) in [7, 11) is 0. The Kier molecular flexibility index (Phi) is 3.86. The van der Waals surface area contributed by atoms with Gasteiger partial charge in [-0.3, -0.25) is 0 Å². The van der Waals surface area contributed by atoms with Gasteiger partial charge in [-0.15, -0.1) is 0 Å². The van der Waals surface area contributed by atoms with E-state index in [0.717, 1.165) is 19.3 Å². The second-order valence-corrected chi connectivity index (χ2v) is 5.24. The Hall–Kier alpha value is -1.98. The normalized spacial score (nSPS) is 18.0. The third kappa shape index (κ3) is 2.64. The summed E-state index contributed by atoms with van der Waals surface area (Å²) in [5, 5.41) is 18.9. The Morgan fingerprint density at radius 1 is 1.33 bits per heavy atom. The van der Waals surface area contributed by atoms with Gasteiger partial charge in [0.1, 0.15) is 23.0 Å². The number of nitrogens with two attached hydrogens (primary N) is 1. The molecule has 0 radical (unpaired) electrons. The molecule has 0 amide bonds. The molecule has 0 bridgehead atoms. The second kappa shape index (κ2) is 5.57. The van der Waals surface area contributed by atoms with E-state index in [4.69, 9.17) is 16.3 Å². The summed E-state index contributed by atoms with van der Waals surface area (Å²) in [4.78, 5) is 4.17. The average Bonchev–Trinajstić information content (AvgIpc) is 2.40. The molecule has 1 aromatic rings. The van der Waals surface area contributed by atoms with Crippen LogP contribution in [0, 0.1) is 22.7 Å². The summed E-state index contributed by atoms with van der Waals surface area (Å²) in [6, 6.07) is 5.52. The SMILES string of the molecule is N#Cc1cc(C#N)c(S[C@@H]2C=CCCC2)nc1N. The molecule has 0 spiro atoms. The maximum absolute atomic E-state index is 9.09. The van der Waals surface area contributed by atoms with Gasteiger partial charge in [-0.25, -0.2) is 4.98 Å². The first-order chi connectivity index (χ1) is 8.74. The van der Waals surface area contributed by atoms with Gasteiger partial charge >= 0.3 is 0 Å². The molecular weight excluding hydrogens is 244 g/mol. The quantitative estimate of drug-likeness (QED) is 0.822. The number of hydrogen-bond acceptors (Lipinski definition) is 5. The fourth-order valence-corrected chi connectivity index (χ4v) is 2.94. The highest BCUT2D eigenvalue weighted by Crippen LogP contribution is 2.32. The van der Waals surface area contributed by atoms with Crippen molar-refractivity contribution in [3.63, 3.8) is 0 Å². The van der Waals surface area contributed by atoms with E-state index < -0.39 is 0 Å². The number of hydrogen-bond donors (Lipinski definition) is 1. The molecule has 1 heterocycles. The lowest BCUT2D eigenvalue weighted by Gasteiger charge is -2.16. The highest BCUT2D eigenvalue weighted by Gasteiger charge is 2.16. The maximum atomic E-state index is 9.09. The number of thioether (sulfide) groups is 1. The topological polar surface area (TPSA) is 86.5 Å². The summed E-state index contributed by atoms with van der Waals surface area (Å²) in [5.41, 5.74) is 6.37. The lowest BCUT2D eigenvalue weighted by atomic mass is 10.1. The molecule has 2 N–H and O–H groups in total. The third-order valence-electron chi connectivity index (χ3n) is 2.73. The Bertz CT molecular complexity index is 566. The zero-order valence-electron chi connectivity index (χ0n) is 9.76. The Labute approximate surface area is 110 Å². The van der Waals surface area contributed by atoms with Crippen molar-refractivity contribution in [3.8, 4) is 12.1 Å². The molecule has 0 aromatic carbocycles. The minimum absolute atomic E-state index is 0.193. The van der Waals surface area contributed by atoms with E-state index >= 15 is 0 Å². The molecule has 2 rings (SSSR count). The third-order valence-corrected chi connectivity index (χ3v) is 3.96. The first-order valence-electron chi connectivity index (χ1n) is 5.68. The summed E-state index contributed by atoms with van der Waals surface area (Å²) in [6.45, 7) is 0. The van der Waals surface area contributed by atoms with Crippen molar-refractivity contribution in [3.05, 3.63) is 29.3 Å². The van der Waals surface area contributed by atoms with Gasteiger partial charge in [0, 0.05) is 5.25 Å². The minimum atomic E-state index is 0.193. The molecule has 0 fully saturated rings. The summed E-state index contributed by atoms with van der Waals surface area (Å²) in [6.07, 6.45) is 7.64. The molecule has 0 saturated heterocycles. The number of rotatable bonds is 2. The van der Waals surface area contributed by atoms with Crippen LogP contribution in [0.3, 0.4) is 0 Å². The number of anilines is 1.